The molecule has 0 fully saturated rings. The molecule has 0 bridgehead atoms. The van der Waals surface area contributed by atoms with E-state index in [0.29, 0.717) is 19.8 Å². The lowest BCUT2D eigenvalue weighted by Gasteiger charge is -2.19. The molecule has 1 aliphatic rings. The van der Waals surface area contributed by atoms with Crippen LogP contribution in [0.1, 0.15) is 16.7 Å². The third-order valence-corrected chi connectivity index (χ3v) is 4.49. The van der Waals surface area contributed by atoms with Crippen molar-refractivity contribution in [1.29, 1.82) is 0 Å². The first-order valence-electron chi connectivity index (χ1n) is 9.17. The molecule has 0 saturated heterocycles. The van der Waals surface area contributed by atoms with Gasteiger partial charge in [-0.3, -0.25) is 0 Å². The second-order valence-electron chi connectivity index (χ2n) is 6.63. The van der Waals surface area contributed by atoms with Gasteiger partial charge in [-0.2, -0.15) is 0 Å². The molecule has 138 valence electrons. The summed E-state index contributed by atoms with van der Waals surface area (Å²) in [6, 6.07) is 22.5. The van der Waals surface area contributed by atoms with Crippen LogP contribution < -0.4 is 19.5 Å². The molecule has 27 heavy (non-hydrogen) atoms. The first-order chi connectivity index (χ1) is 13.3. The molecule has 1 heterocycles. The summed E-state index contributed by atoms with van der Waals surface area (Å²) in [7, 11) is 0. The van der Waals surface area contributed by atoms with E-state index in [2.05, 4.69) is 48.6 Å². The maximum absolute atomic E-state index is 5.86. The van der Waals surface area contributed by atoms with Gasteiger partial charge in [0.15, 0.2) is 11.5 Å². The van der Waals surface area contributed by atoms with Gasteiger partial charge in [-0.1, -0.05) is 42.0 Å². The molecule has 1 aliphatic heterocycles. The summed E-state index contributed by atoms with van der Waals surface area (Å²) in [6.07, 6.45) is 0. The summed E-state index contributed by atoms with van der Waals surface area (Å²) in [5.74, 6) is 2.48. The molecular formula is C23H23NO3. The van der Waals surface area contributed by atoms with Gasteiger partial charge in [0.25, 0.3) is 0 Å². The highest BCUT2D eigenvalue weighted by Crippen LogP contribution is 2.32. The number of rotatable bonds is 6. The van der Waals surface area contributed by atoms with E-state index in [1.807, 2.05) is 30.3 Å². The summed E-state index contributed by atoms with van der Waals surface area (Å²) in [6.45, 7) is 4.61. The van der Waals surface area contributed by atoms with E-state index in [4.69, 9.17) is 14.2 Å². The van der Waals surface area contributed by atoms with Crippen molar-refractivity contribution in [3.8, 4) is 17.2 Å². The Morgan fingerprint density at radius 2 is 1.52 bits per heavy atom. The number of ether oxygens (including phenoxy) is 3. The van der Waals surface area contributed by atoms with Crippen LogP contribution >= 0.6 is 0 Å². The Kier molecular flexibility index (Phi) is 5.15. The highest BCUT2D eigenvalue weighted by Gasteiger charge is 2.11. The van der Waals surface area contributed by atoms with Crippen LogP contribution in [0.25, 0.3) is 0 Å². The number of benzene rings is 3. The molecule has 4 heteroatoms. The van der Waals surface area contributed by atoms with Crippen molar-refractivity contribution in [1.82, 2.24) is 0 Å². The van der Waals surface area contributed by atoms with Gasteiger partial charge in [0, 0.05) is 18.3 Å². The second kappa shape index (κ2) is 8.04. The van der Waals surface area contributed by atoms with Crippen LogP contribution in [-0.4, -0.2) is 13.2 Å². The van der Waals surface area contributed by atoms with Gasteiger partial charge in [-0.25, -0.2) is 0 Å². The number of hydrogen-bond donors (Lipinski definition) is 1. The largest absolute Gasteiger partial charge is 0.489 e. The number of nitrogens with one attached hydrogen (secondary N) is 1. The molecule has 0 spiro atoms. The molecule has 3 aromatic carbocycles. The maximum Gasteiger partial charge on any atom is 0.163 e. The molecule has 0 saturated carbocycles. The maximum atomic E-state index is 5.86. The molecule has 1 N–H and O–H groups in total. The molecule has 0 atom stereocenters. The second-order valence-corrected chi connectivity index (χ2v) is 6.63. The summed E-state index contributed by atoms with van der Waals surface area (Å²) < 4.78 is 17.0. The van der Waals surface area contributed by atoms with Crippen LogP contribution in [0.4, 0.5) is 5.69 Å². The predicted octanol–water partition coefficient (Wildman–Crippen LogP) is 4.96. The van der Waals surface area contributed by atoms with Crippen molar-refractivity contribution in [3.05, 3.63) is 83.4 Å². The van der Waals surface area contributed by atoms with Crippen LogP contribution in [0.5, 0.6) is 17.2 Å². The SMILES string of the molecule is Cc1ccc(COc2ccc(CNc3ccc4c(c3)OCCO4)cc2)cc1. The highest BCUT2D eigenvalue weighted by atomic mass is 16.6. The van der Waals surface area contributed by atoms with Crippen LogP contribution in [0.3, 0.4) is 0 Å². The van der Waals surface area contributed by atoms with Gasteiger partial charge in [-0.05, 0) is 42.3 Å². The van der Waals surface area contributed by atoms with Crippen molar-refractivity contribution in [2.75, 3.05) is 18.5 Å². The van der Waals surface area contributed by atoms with Crippen molar-refractivity contribution < 1.29 is 14.2 Å². The number of fused-ring (bicyclic) bond motifs is 1. The van der Waals surface area contributed by atoms with Gasteiger partial charge < -0.3 is 19.5 Å². The fourth-order valence-corrected chi connectivity index (χ4v) is 2.91. The summed E-state index contributed by atoms with van der Waals surface area (Å²) >= 11 is 0. The standard InChI is InChI=1S/C23H23NO3/c1-17-2-4-19(5-3-17)16-27-21-9-6-18(7-10-21)15-24-20-8-11-22-23(14-20)26-13-12-25-22/h2-11,14,24H,12-13,15-16H2,1H3. The lowest BCUT2D eigenvalue weighted by atomic mass is 10.2. The molecule has 0 unspecified atom stereocenters. The van der Waals surface area contributed by atoms with E-state index in [1.54, 1.807) is 0 Å². The van der Waals surface area contributed by atoms with Crippen LogP contribution in [0, 0.1) is 6.92 Å². The molecule has 0 aromatic heterocycles. The molecule has 4 nitrogen and oxygen atoms in total. The van der Waals surface area contributed by atoms with Crippen molar-refractivity contribution in [2.24, 2.45) is 0 Å². The Morgan fingerprint density at radius 1 is 0.815 bits per heavy atom. The van der Waals surface area contributed by atoms with Gasteiger partial charge >= 0.3 is 0 Å². The average Bonchev–Trinajstić information content (AvgIpc) is 2.72. The Labute approximate surface area is 159 Å². The van der Waals surface area contributed by atoms with E-state index in [9.17, 15) is 0 Å². The van der Waals surface area contributed by atoms with E-state index >= 15 is 0 Å². The van der Waals surface area contributed by atoms with Crippen LogP contribution in [0.15, 0.2) is 66.7 Å². The van der Waals surface area contributed by atoms with E-state index in [-0.39, 0.29) is 0 Å². The summed E-state index contributed by atoms with van der Waals surface area (Å²) in [4.78, 5) is 0. The Balaban J connectivity index is 1.30. The van der Waals surface area contributed by atoms with Crippen molar-refractivity contribution >= 4 is 5.69 Å². The van der Waals surface area contributed by atoms with Crippen LogP contribution in [0.2, 0.25) is 0 Å². The minimum atomic E-state index is 0.578. The normalized spacial score (nSPS) is 12.5. The van der Waals surface area contributed by atoms with Gasteiger partial charge in [0.05, 0.1) is 0 Å². The average molecular weight is 361 g/mol. The fourth-order valence-electron chi connectivity index (χ4n) is 2.91. The number of hydrogen-bond acceptors (Lipinski definition) is 4. The summed E-state index contributed by atoms with van der Waals surface area (Å²) in [5.41, 5.74) is 4.63. The van der Waals surface area contributed by atoms with Crippen molar-refractivity contribution in [2.45, 2.75) is 20.1 Å². The highest BCUT2D eigenvalue weighted by molar-refractivity contribution is 5.55. The summed E-state index contributed by atoms with van der Waals surface area (Å²) in [5, 5.41) is 3.42. The predicted molar refractivity (Wildman–Crippen MR) is 107 cm³/mol. The fraction of sp³-hybridized carbons (Fsp3) is 0.217. The molecule has 0 amide bonds. The smallest absolute Gasteiger partial charge is 0.163 e. The van der Waals surface area contributed by atoms with Crippen molar-refractivity contribution in [3.63, 3.8) is 0 Å². The Hall–Kier alpha value is -3.14. The zero-order valence-electron chi connectivity index (χ0n) is 15.4. The third kappa shape index (κ3) is 4.53. The quantitative estimate of drug-likeness (QED) is 0.674. The van der Waals surface area contributed by atoms with Gasteiger partial charge in [0.1, 0.15) is 25.6 Å². The van der Waals surface area contributed by atoms with E-state index in [1.165, 1.54) is 16.7 Å². The zero-order valence-corrected chi connectivity index (χ0v) is 15.4. The van der Waals surface area contributed by atoms with Crippen LogP contribution in [-0.2, 0) is 13.2 Å². The first-order valence-corrected chi connectivity index (χ1v) is 9.17. The molecule has 4 rings (SSSR count). The van der Waals surface area contributed by atoms with Gasteiger partial charge in [-0.15, -0.1) is 0 Å². The molecule has 0 radical (unpaired) electrons. The topological polar surface area (TPSA) is 39.7 Å². The Bertz CT molecular complexity index is 889. The lowest BCUT2D eigenvalue weighted by Crippen LogP contribution is -2.15. The molecular weight excluding hydrogens is 338 g/mol. The molecule has 3 aromatic rings. The lowest BCUT2D eigenvalue weighted by molar-refractivity contribution is 0.171. The first kappa shape index (κ1) is 17.3. The van der Waals surface area contributed by atoms with Gasteiger partial charge in [0.2, 0.25) is 0 Å². The van der Waals surface area contributed by atoms with E-state index in [0.717, 1.165) is 29.5 Å². The number of anilines is 1. The zero-order chi connectivity index (χ0) is 18.5. The Morgan fingerprint density at radius 3 is 2.30 bits per heavy atom. The molecule has 0 aliphatic carbocycles. The number of aryl methyl sites for hydroxylation is 1. The minimum Gasteiger partial charge on any atom is -0.489 e. The third-order valence-electron chi connectivity index (χ3n) is 4.49. The monoisotopic (exact) mass is 361 g/mol. The van der Waals surface area contributed by atoms with E-state index < -0.39 is 0 Å². The minimum absolute atomic E-state index is 0.578.